The van der Waals surface area contributed by atoms with Crippen molar-refractivity contribution in [3.05, 3.63) is 23.8 Å². The van der Waals surface area contributed by atoms with Gasteiger partial charge in [-0.2, -0.15) is 0 Å². The molecule has 0 aromatic carbocycles. The third kappa shape index (κ3) is 1.93. The molecule has 0 unspecified atom stereocenters. The maximum atomic E-state index is 4.43. The van der Waals surface area contributed by atoms with E-state index in [-0.39, 0.29) is 0 Å². The molecule has 1 aliphatic heterocycles. The smallest absolute Gasteiger partial charge is 0.115 e. The van der Waals surface area contributed by atoms with Crippen molar-refractivity contribution in [2.24, 2.45) is 0 Å². The summed E-state index contributed by atoms with van der Waals surface area (Å²) in [5.41, 5.74) is 2.60. The maximum Gasteiger partial charge on any atom is 0.115 e. The number of hydrogen-bond donors (Lipinski definition) is 1. The number of aryl methyl sites for hydroxylation is 1. The lowest BCUT2D eigenvalue weighted by molar-refractivity contribution is 0.450. The Morgan fingerprint density at radius 1 is 1.43 bits per heavy atom. The first-order valence-corrected chi connectivity index (χ1v) is 5.41. The van der Waals surface area contributed by atoms with Crippen molar-refractivity contribution in [1.29, 1.82) is 0 Å². The fraction of sp³-hybridized carbons (Fsp3) is 0.636. The minimum atomic E-state index is 0.647. The lowest BCUT2D eigenvalue weighted by atomic mass is 9.91. The van der Waals surface area contributed by atoms with Crippen molar-refractivity contribution in [3.8, 4) is 0 Å². The Morgan fingerprint density at radius 3 is 2.93 bits per heavy atom. The van der Waals surface area contributed by atoms with E-state index in [0.29, 0.717) is 5.92 Å². The second-order valence-corrected chi connectivity index (χ2v) is 3.81. The summed E-state index contributed by atoms with van der Waals surface area (Å²) in [5.74, 6) is 0.647. The maximum absolute atomic E-state index is 4.43. The first-order chi connectivity index (χ1) is 6.92. The average molecular weight is 191 g/mol. The molecule has 1 saturated heterocycles. The molecule has 3 heteroatoms. The van der Waals surface area contributed by atoms with Crippen LogP contribution in [0.2, 0.25) is 0 Å². The van der Waals surface area contributed by atoms with Gasteiger partial charge in [0, 0.05) is 12.1 Å². The minimum Gasteiger partial charge on any atom is -0.317 e. The van der Waals surface area contributed by atoms with Gasteiger partial charge in [-0.1, -0.05) is 6.92 Å². The molecule has 0 aliphatic carbocycles. The van der Waals surface area contributed by atoms with Gasteiger partial charge in [0.2, 0.25) is 0 Å². The fourth-order valence-corrected chi connectivity index (χ4v) is 2.10. The summed E-state index contributed by atoms with van der Waals surface area (Å²) in [7, 11) is 0. The van der Waals surface area contributed by atoms with E-state index in [1.807, 2.05) is 6.20 Å². The van der Waals surface area contributed by atoms with Crippen molar-refractivity contribution in [1.82, 2.24) is 15.3 Å². The van der Waals surface area contributed by atoms with Crippen LogP contribution in [0, 0.1) is 0 Å². The first kappa shape index (κ1) is 9.59. The van der Waals surface area contributed by atoms with E-state index in [9.17, 15) is 0 Å². The van der Waals surface area contributed by atoms with E-state index in [2.05, 4.69) is 22.2 Å². The van der Waals surface area contributed by atoms with Crippen LogP contribution in [0.25, 0.3) is 0 Å². The zero-order valence-electron chi connectivity index (χ0n) is 8.66. The van der Waals surface area contributed by atoms with Gasteiger partial charge in [0.25, 0.3) is 0 Å². The monoisotopic (exact) mass is 191 g/mol. The number of nitrogens with one attached hydrogen (secondary N) is 1. The summed E-state index contributed by atoms with van der Waals surface area (Å²) in [4.78, 5) is 8.52. The van der Waals surface area contributed by atoms with Crippen LogP contribution in [0.1, 0.15) is 36.9 Å². The van der Waals surface area contributed by atoms with Gasteiger partial charge in [-0.05, 0) is 37.9 Å². The number of nitrogens with zero attached hydrogens (tertiary/aromatic N) is 2. The molecule has 76 valence electrons. The average Bonchev–Trinajstić information content (AvgIpc) is 2.30. The van der Waals surface area contributed by atoms with E-state index < -0.39 is 0 Å². The highest BCUT2D eigenvalue weighted by Gasteiger charge is 2.18. The normalized spacial score (nSPS) is 18.4. The van der Waals surface area contributed by atoms with E-state index in [0.717, 1.165) is 19.5 Å². The number of hydrogen-bond acceptors (Lipinski definition) is 3. The highest BCUT2D eigenvalue weighted by molar-refractivity contribution is 5.20. The van der Waals surface area contributed by atoms with Crippen molar-refractivity contribution < 1.29 is 0 Å². The molecular formula is C11H17N3. The van der Waals surface area contributed by atoms with Crippen LogP contribution in [0.15, 0.2) is 12.5 Å². The van der Waals surface area contributed by atoms with E-state index >= 15 is 0 Å². The highest BCUT2D eigenvalue weighted by Crippen LogP contribution is 2.25. The minimum absolute atomic E-state index is 0.647. The molecule has 0 amide bonds. The van der Waals surface area contributed by atoms with Gasteiger partial charge in [-0.3, -0.25) is 0 Å². The van der Waals surface area contributed by atoms with Gasteiger partial charge in [-0.15, -0.1) is 0 Å². The van der Waals surface area contributed by atoms with Gasteiger partial charge in [0.1, 0.15) is 6.33 Å². The van der Waals surface area contributed by atoms with Crippen molar-refractivity contribution in [2.45, 2.75) is 32.1 Å². The molecule has 0 spiro atoms. The lowest BCUT2D eigenvalue weighted by Gasteiger charge is -2.23. The third-order valence-electron chi connectivity index (χ3n) is 2.93. The second kappa shape index (κ2) is 4.51. The quantitative estimate of drug-likeness (QED) is 0.770. The van der Waals surface area contributed by atoms with Crippen LogP contribution in [-0.4, -0.2) is 23.1 Å². The molecule has 14 heavy (non-hydrogen) atoms. The van der Waals surface area contributed by atoms with Crippen LogP contribution in [-0.2, 0) is 6.42 Å². The zero-order valence-corrected chi connectivity index (χ0v) is 8.66. The first-order valence-electron chi connectivity index (χ1n) is 5.41. The van der Waals surface area contributed by atoms with Crippen LogP contribution in [0.3, 0.4) is 0 Å². The Balaban J connectivity index is 2.20. The second-order valence-electron chi connectivity index (χ2n) is 3.81. The van der Waals surface area contributed by atoms with Gasteiger partial charge in [-0.25, -0.2) is 9.97 Å². The Hall–Kier alpha value is -0.960. The Kier molecular flexibility index (Phi) is 3.09. The summed E-state index contributed by atoms with van der Waals surface area (Å²) in [6.45, 7) is 4.42. The molecule has 2 rings (SSSR count). The molecule has 0 radical (unpaired) electrons. The number of rotatable bonds is 2. The van der Waals surface area contributed by atoms with Gasteiger partial charge >= 0.3 is 0 Å². The summed E-state index contributed by atoms with van der Waals surface area (Å²) in [6.07, 6.45) is 7.11. The largest absolute Gasteiger partial charge is 0.317 e. The molecule has 0 bridgehead atoms. The molecule has 1 aromatic heterocycles. The van der Waals surface area contributed by atoms with E-state index in [1.165, 1.54) is 24.1 Å². The van der Waals surface area contributed by atoms with Crippen molar-refractivity contribution >= 4 is 0 Å². The topological polar surface area (TPSA) is 37.8 Å². The summed E-state index contributed by atoms with van der Waals surface area (Å²) in [5, 5.41) is 3.38. The molecule has 3 nitrogen and oxygen atoms in total. The zero-order chi connectivity index (χ0) is 9.80. The molecule has 0 saturated carbocycles. The Morgan fingerprint density at radius 2 is 2.21 bits per heavy atom. The van der Waals surface area contributed by atoms with Gasteiger partial charge < -0.3 is 5.32 Å². The molecular weight excluding hydrogens is 174 g/mol. The van der Waals surface area contributed by atoms with Crippen LogP contribution in [0.5, 0.6) is 0 Å². The van der Waals surface area contributed by atoms with Crippen LogP contribution in [0.4, 0.5) is 0 Å². The van der Waals surface area contributed by atoms with E-state index in [4.69, 9.17) is 0 Å². The molecule has 0 atom stereocenters. The third-order valence-corrected chi connectivity index (χ3v) is 2.93. The summed E-state index contributed by atoms with van der Waals surface area (Å²) in [6, 6.07) is 0. The van der Waals surface area contributed by atoms with Crippen LogP contribution >= 0.6 is 0 Å². The lowest BCUT2D eigenvalue weighted by Crippen LogP contribution is -2.27. The van der Waals surface area contributed by atoms with E-state index in [1.54, 1.807) is 6.33 Å². The summed E-state index contributed by atoms with van der Waals surface area (Å²) >= 11 is 0. The predicted molar refractivity (Wildman–Crippen MR) is 56.3 cm³/mol. The highest BCUT2D eigenvalue weighted by atomic mass is 14.9. The standard InChI is InChI=1S/C11H17N3/c1-2-9-7-13-8-14-11(9)10-3-5-12-6-4-10/h7-8,10,12H,2-6H2,1H3. The van der Waals surface area contributed by atoms with Crippen LogP contribution < -0.4 is 5.32 Å². The Labute approximate surface area is 85.0 Å². The number of aromatic nitrogens is 2. The fourth-order valence-electron chi connectivity index (χ4n) is 2.10. The Bertz CT molecular complexity index is 292. The molecule has 1 aliphatic rings. The molecule has 1 N–H and O–H groups in total. The van der Waals surface area contributed by atoms with Gasteiger partial charge in [0.15, 0.2) is 0 Å². The van der Waals surface area contributed by atoms with Crippen molar-refractivity contribution in [2.75, 3.05) is 13.1 Å². The molecule has 2 heterocycles. The number of piperidine rings is 1. The van der Waals surface area contributed by atoms with Crippen molar-refractivity contribution in [3.63, 3.8) is 0 Å². The summed E-state index contributed by atoms with van der Waals surface area (Å²) < 4.78 is 0. The molecule has 1 aromatic rings. The molecule has 1 fully saturated rings. The predicted octanol–water partition coefficient (Wildman–Crippen LogP) is 1.51. The SMILES string of the molecule is CCc1cncnc1C1CCNCC1. The van der Waals surface area contributed by atoms with Gasteiger partial charge in [0.05, 0.1) is 5.69 Å².